The monoisotopic (exact) mass is 386 g/mol. The first kappa shape index (κ1) is 19.1. The molecule has 0 aliphatic rings. The van der Waals surface area contributed by atoms with Crippen LogP contribution in [0, 0.1) is 0 Å². The normalized spacial score (nSPS) is 11.0. The maximum Gasteiger partial charge on any atom is 0.337 e. The van der Waals surface area contributed by atoms with E-state index in [-0.39, 0.29) is 16.5 Å². The van der Waals surface area contributed by atoms with E-state index in [2.05, 4.69) is 11.9 Å². The molecule has 0 spiro atoms. The van der Waals surface area contributed by atoms with Crippen molar-refractivity contribution in [3.63, 3.8) is 0 Å². The summed E-state index contributed by atoms with van der Waals surface area (Å²) in [7, 11) is 0. The van der Waals surface area contributed by atoms with Crippen molar-refractivity contribution in [2.24, 2.45) is 0 Å². The SMILES string of the molecule is CCc1ccc(OCCCn2c(CC)nc3scc(C(=O)O)c3c2=O)cc1. The molecule has 0 amide bonds. The summed E-state index contributed by atoms with van der Waals surface area (Å²) in [5, 5.41) is 11.0. The van der Waals surface area contributed by atoms with E-state index in [0.717, 1.165) is 12.2 Å². The molecule has 2 heterocycles. The van der Waals surface area contributed by atoms with Crippen LogP contribution in [0.15, 0.2) is 34.4 Å². The Morgan fingerprint density at radius 3 is 2.59 bits per heavy atom. The van der Waals surface area contributed by atoms with Gasteiger partial charge in [0.2, 0.25) is 0 Å². The van der Waals surface area contributed by atoms with Crippen molar-refractivity contribution in [1.29, 1.82) is 0 Å². The van der Waals surface area contributed by atoms with Crippen molar-refractivity contribution in [2.75, 3.05) is 6.61 Å². The molecule has 0 bridgehead atoms. The third-order valence-corrected chi connectivity index (χ3v) is 5.32. The van der Waals surface area contributed by atoms with Crippen LogP contribution in [-0.4, -0.2) is 27.2 Å². The van der Waals surface area contributed by atoms with Gasteiger partial charge in [0.15, 0.2) is 0 Å². The minimum Gasteiger partial charge on any atom is -0.494 e. The second-order valence-corrected chi connectivity index (χ2v) is 7.03. The van der Waals surface area contributed by atoms with E-state index in [4.69, 9.17) is 4.74 Å². The second-order valence-electron chi connectivity index (χ2n) is 6.17. The average Bonchev–Trinajstić information content (AvgIpc) is 3.11. The molecule has 3 rings (SSSR count). The number of aromatic carboxylic acids is 1. The number of thiophene rings is 1. The van der Waals surface area contributed by atoms with E-state index in [1.165, 1.54) is 22.3 Å². The zero-order valence-electron chi connectivity index (χ0n) is 15.4. The highest BCUT2D eigenvalue weighted by molar-refractivity contribution is 7.17. The number of fused-ring (bicyclic) bond motifs is 1. The molecule has 3 aromatic rings. The zero-order chi connectivity index (χ0) is 19.4. The molecule has 0 saturated heterocycles. The first-order chi connectivity index (χ1) is 13.0. The predicted octanol–water partition coefficient (Wildman–Crippen LogP) is 3.75. The fourth-order valence-corrected chi connectivity index (χ4v) is 3.88. The second kappa shape index (κ2) is 8.35. The Labute approximate surface area is 161 Å². The lowest BCUT2D eigenvalue weighted by Gasteiger charge is -2.12. The summed E-state index contributed by atoms with van der Waals surface area (Å²) in [6.07, 6.45) is 2.21. The molecule has 142 valence electrons. The highest BCUT2D eigenvalue weighted by Gasteiger charge is 2.18. The van der Waals surface area contributed by atoms with Gasteiger partial charge in [-0.3, -0.25) is 9.36 Å². The summed E-state index contributed by atoms with van der Waals surface area (Å²) in [5.74, 6) is 0.364. The zero-order valence-corrected chi connectivity index (χ0v) is 16.2. The number of benzene rings is 1. The number of carbonyl (C=O) groups is 1. The molecular formula is C20H22N2O4S. The van der Waals surface area contributed by atoms with E-state index in [9.17, 15) is 14.7 Å². The van der Waals surface area contributed by atoms with Crippen molar-refractivity contribution < 1.29 is 14.6 Å². The minimum atomic E-state index is -1.10. The number of carboxylic acids is 1. The minimum absolute atomic E-state index is 0.0242. The Balaban J connectivity index is 1.75. The van der Waals surface area contributed by atoms with Crippen LogP contribution in [0.2, 0.25) is 0 Å². The fraction of sp³-hybridized carbons (Fsp3) is 0.350. The highest BCUT2D eigenvalue weighted by Crippen LogP contribution is 2.22. The molecule has 1 aromatic carbocycles. The van der Waals surface area contributed by atoms with Crippen LogP contribution < -0.4 is 10.3 Å². The third-order valence-electron chi connectivity index (χ3n) is 4.45. The van der Waals surface area contributed by atoms with E-state index in [1.807, 2.05) is 31.2 Å². The van der Waals surface area contributed by atoms with Crippen LogP contribution in [0.4, 0.5) is 0 Å². The third kappa shape index (κ3) is 4.03. The summed E-state index contributed by atoms with van der Waals surface area (Å²) in [5.41, 5.74) is 0.991. The Kier molecular flexibility index (Phi) is 5.91. The van der Waals surface area contributed by atoms with E-state index in [1.54, 1.807) is 4.57 Å². The Morgan fingerprint density at radius 1 is 1.22 bits per heavy atom. The van der Waals surface area contributed by atoms with Crippen molar-refractivity contribution >= 4 is 27.5 Å². The average molecular weight is 386 g/mol. The topological polar surface area (TPSA) is 81.4 Å². The highest BCUT2D eigenvalue weighted by atomic mass is 32.1. The first-order valence-corrected chi connectivity index (χ1v) is 9.89. The van der Waals surface area contributed by atoms with E-state index in [0.29, 0.717) is 36.6 Å². The predicted molar refractivity (Wildman–Crippen MR) is 106 cm³/mol. The molecule has 7 heteroatoms. The molecular weight excluding hydrogens is 364 g/mol. The number of aryl methyl sites for hydroxylation is 2. The van der Waals surface area contributed by atoms with E-state index >= 15 is 0 Å². The lowest BCUT2D eigenvalue weighted by Crippen LogP contribution is -2.26. The van der Waals surface area contributed by atoms with Gasteiger partial charge in [0.05, 0.1) is 17.6 Å². The van der Waals surface area contributed by atoms with Gasteiger partial charge in [-0.1, -0.05) is 26.0 Å². The van der Waals surface area contributed by atoms with Crippen molar-refractivity contribution in [3.8, 4) is 5.75 Å². The van der Waals surface area contributed by atoms with Gasteiger partial charge in [-0.05, 0) is 30.5 Å². The van der Waals surface area contributed by atoms with Crippen molar-refractivity contribution in [3.05, 3.63) is 57.0 Å². The molecule has 0 aliphatic heterocycles. The largest absolute Gasteiger partial charge is 0.494 e. The van der Waals surface area contributed by atoms with Crippen LogP contribution in [-0.2, 0) is 19.4 Å². The molecule has 0 saturated carbocycles. The van der Waals surface area contributed by atoms with Gasteiger partial charge < -0.3 is 9.84 Å². The maximum absolute atomic E-state index is 12.9. The van der Waals surface area contributed by atoms with Crippen LogP contribution in [0.3, 0.4) is 0 Å². The number of carboxylic acid groups (broad SMARTS) is 1. The van der Waals surface area contributed by atoms with E-state index < -0.39 is 5.97 Å². The standard InChI is InChI=1S/C20H22N2O4S/c1-3-13-6-8-14(9-7-13)26-11-5-10-22-16(4-2)21-18-17(19(22)23)15(12-27-18)20(24)25/h6-9,12H,3-5,10-11H2,1-2H3,(H,24,25). The van der Waals surface area contributed by atoms with Gasteiger partial charge in [0, 0.05) is 18.3 Å². The first-order valence-electron chi connectivity index (χ1n) is 9.01. The molecule has 0 unspecified atom stereocenters. The molecule has 0 atom stereocenters. The molecule has 1 N–H and O–H groups in total. The molecule has 2 aromatic heterocycles. The summed E-state index contributed by atoms with van der Waals surface area (Å²) in [6.45, 7) is 4.94. The van der Waals surface area contributed by atoms with Gasteiger partial charge in [0.25, 0.3) is 5.56 Å². The number of nitrogens with zero attached hydrogens (tertiary/aromatic N) is 2. The van der Waals surface area contributed by atoms with Crippen LogP contribution in [0.1, 0.15) is 42.0 Å². The lowest BCUT2D eigenvalue weighted by molar-refractivity contribution is 0.0699. The number of rotatable bonds is 8. The maximum atomic E-state index is 12.9. The number of hydrogen-bond acceptors (Lipinski definition) is 5. The van der Waals surface area contributed by atoms with Crippen LogP contribution in [0.5, 0.6) is 5.75 Å². The van der Waals surface area contributed by atoms with Gasteiger partial charge in [-0.25, -0.2) is 9.78 Å². The summed E-state index contributed by atoms with van der Waals surface area (Å²) in [6, 6.07) is 7.97. The molecule has 0 aliphatic carbocycles. The number of hydrogen-bond donors (Lipinski definition) is 1. The quantitative estimate of drug-likeness (QED) is 0.596. The Bertz CT molecular complexity index is 1010. The van der Waals surface area contributed by atoms with Crippen molar-refractivity contribution in [2.45, 2.75) is 39.7 Å². The smallest absolute Gasteiger partial charge is 0.337 e. The van der Waals surface area contributed by atoms with Crippen LogP contribution in [0.25, 0.3) is 10.2 Å². The summed E-state index contributed by atoms with van der Waals surface area (Å²) < 4.78 is 7.32. The van der Waals surface area contributed by atoms with Crippen LogP contribution >= 0.6 is 11.3 Å². The molecule has 0 fully saturated rings. The van der Waals surface area contributed by atoms with Gasteiger partial charge in [0.1, 0.15) is 16.4 Å². The summed E-state index contributed by atoms with van der Waals surface area (Å²) in [4.78, 5) is 29.2. The van der Waals surface area contributed by atoms with Gasteiger partial charge >= 0.3 is 5.97 Å². The fourth-order valence-electron chi connectivity index (χ4n) is 2.96. The van der Waals surface area contributed by atoms with Gasteiger partial charge in [-0.15, -0.1) is 11.3 Å². The van der Waals surface area contributed by atoms with Crippen molar-refractivity contribution in [1.82, 2.24) is 9.55 Å². The summed E-state index contributed by atoms with van der Waals surface area (Å²) >= 11 is 1.19. The molecule has 0 radical (unpaired) electrons. The van der Waals surface area contributed by atoms with Gasteiger partial charge in [-0.2, -0.15) is 0 Å². The molecule has 27 heavy (non-hydrogen) atoms. The molecule has 6 nitrogen and oxygen atoms in total. The Morgan fingerprint density at radius 2 is 1.96 bits per heavy atom. The lowest BCUT2D eigenvalue weighted by atomic mass is 10.2. The number of ether oxygens (including phenoxy) is 1. The Hall–Kier alpha value is -2.67. The number of aromatic nitrogens is 2.